The van der Waals surface area contributed by atoms with Gasteiger partial charge >= 0.3 is 5.91 Å². The predicted molar refractivity (Wildman–Crippen MR) is 130 cm³/mol. The lowest BCUT2D eigenvalue weighted by Gasteiger charge is -2.13. The van der Waals surface area contributed by atoms with E-state index in [0.717, 1.165) is 37.9 Å². The largest absolute Gasteiger partial charge is 0.497 e. The van der Waals surface area contributed by atoms with Gasteiger partial charge in [0.1, 0.15) is 22.7 Å². The standard InChI is InChI=1S/C26H23BrN2O3/c1-17-4-13-24-23(14-17)18(2)15-25(28-20-7-11-21(31-3)12-8-20)29(24)26(30)16-32-22-9-5-19(27)6-10-22/h4-15H,16H2,1-3H3/p+1. The average molecular weight is 492 g/mol. The summed E-state index contributed by atoms with van der Waals surface area (Å²) in [6.07, 6.45) is 0. The van der Waals surface area contributed by atoms with Crippen LogP contribution in [0.3, 0.4) is 0 Å². The average Bonchev–Trinajstić information content (AvgIpc) is 2.79. The summed E-state index contributed by atoms with van der Waals surface area (Å²) in [7, 11) is 1.63. The third kappa shape index (κ3) is 4.75. The maximum absolute atomic E-state index is 13.4. The molecule has 0 saturated heterocycles. The van der Waals surface area contributed by atoms with Crippen molar-refractivity contribution in [2.24, 2.45) is 0 Å². The van der Waals surface area contributed by atoms with Gasteiger partial charge in [0.15, 0.2) is 6.61 Å². The van der Waals surface area contributed by atoms with Gasteiger partial charge in [0, 0.05) is 15.9 Å². The van der Waals surface area contributed by atoms with Crippen molar-refractivity contribution in [2.45, 2.75) is 13.8 Å². The normalized spacial score (nSPS) is 10.8. The molecule has 0 fully saturated rings. The molecule has 0 saturated carbocycles. The van der Waals surface area contributed by atoms with Crippen molar-refractivity contribution < 1.29 is 18.8 Å². The highest BCUT2D eigenvalue weighted by Gasteiger charge is 2.23. The minimum absolute atomic E-state index is 0.0877. The summed E-state index contributed by atoms with van der Waals surface area (Å²) in [6.45, 7) is 4.01. The fraction of sp³-hybridized carbons (Fsp3) is 0.154. The van der Waals surface area contributed by atoms with E-state index in [4.69, 9.17) is 9.47 Å². The SMILES string of the molecule is COc1ccc(Nc2cc(C)c3cc(C)ccc3[n+]2C(=O)COc2ccc(Br)cc2)cc1. The number of methoxy groups -OCH3 is 1. The highest BCUT2D eigenvalue weighted by Crippen LogP contribution is 2.24. The van der Waals surface area contributed by atoms with Crippen LogP contribution in [0.15, 0.2) is 77.3 Å². The Kier molecular flexibility index (Phi) is 6.42. The third-order valence-corrected chi connectivity index (χ3v) is 5.73. The molecular weight excluding hydrogens is 468 g/mol. The first-order valence-corrected chi connectivity index (χ1v) is 11.0. The van der Waals surface area contributed by atoms with Gasteiger partial charge in [-0.05, 0) is 80.1 Å². The second-order valence-corrected chi connectivity index (χ2v) is 8.47. The molecule has 1 N–H and O–H groups in total. The Hall–Kier alpha value is -3.38. The molecule has 1 aromatic heterocycles. The number of carbonyl (C=O) groups excluding carboxylic acids is 1. The Balaban J connectivity index is 1.72. The van der Waals surface area contributed by atoms with E-state index >= 15 is 0 Å². The van der Waals surface area contributed by atoms with Crippen molar-refractivity contribution in [3.63, 3.8) is 0 Å². The molecule has 1 heterocycles. The molecule has 162 valence electrons. The molecule has 0 amide bonds. The number of halogens is 1. The number of nitrogens with zero attached hydrogens (tertiary/aromatic N) is 1. The molecule has 32 heavy (non-hydrogen) atoms. The zero-order valence-electron chi connectivity index (χ0n) is 18.2. The van der Waals surface area contributed by atoms with Crippen LogP contribution in [0.1, 0.15) is 15.9 Å². The van der Waals surface area contributed by atoms with Gasteiger partial charge in [-0.1, -0.05) is 27.6 Å². The van der Waals surface area contributed by atoms with Crippen LogP contribution in [0.2, 0.25) is 0 Å². The minimum atomic E-state index is -0.169. The number of benzene rings is 3. The van der Waals surface area contributed by atoms with Crippen LogP contribution in [-0.4, -0.2) is 19.6 Å². The van der Waals surface area contributed by atoms with Crippen LogP contribution >= 0.6 is 15.9 Å². The Labute approximate surface area is 195 Å². The monoisotopic (exact) mass is 491 g/mol. The fourth-order valence-corrected chi connectivity index (χ4v) is 3.83. The van der Waals surface area contributed by atoms with Gasteiger partial charge < -0.3 is 9.47 Å². The summed E-state index contributed by atoms with van der Waals surface area (Å²) < 4.78 is 13.7. The van der Waals surface area contributed by atoms with Gasteiger partial charge in [-0.15, -0.1) is 0 Å². The number of aromatic nitrogens is 1. The highest BCUT2D eigenvalue weighted by atomic mass is 79.9. The summed E-state index contributed by atoms with van der Waals surface area (Å²) in [5.41, 5.74) is 3.90. The van der Waals surface area contributed by atoms with Crippen LogP contribution in [0, 0.1) is 13.8 Å². The number of aryl methyl sites for hydroxylation is 2. The van der Waals surface area contributed by atoms with Gasteiger partial charge in [-0.2, -0.15) is 4.57 Å². The first-order valence-electron chi connectivity index (χ1n) is 10.2. The van der Waals surface area contributed by atoms with E-state index in [-0.39, 0.29) is 12.5 Å². The molecule has 3 aromatic carbocycles. The lowest BCUT2D eigenvalue weighted by molar-refractivity contribution is -0.531. The molecule has 0 atom stereocenters. The molecule has 0 aliphatic rings. The summed E-state index contributed by atoms with van der Waals surface area (Å²) in [5, 5.41) is 4.41. The zero-order valence-corrected chi connectivity index (χ0v) is 19.8. The van der Waals surface area contributed by atoms with E-state index in [1.54, 1.807) is 11.7 Å². The number of anilines is 2. The first kappa shape index (κ1) is 21.8. The second kappa shape index (κ2) is 9.40. The molecule has 4 aromatic rings. The molecular formula is C26H24BrN2O3+. The maximum atomic E-state index is 13.4. The van der Waals surface area contributed by atoms with Gasteiger partial charge in [-0.25, -0.2) is 10.1 Å². The van der Waals surface area contributed by atoms with Gasteiger partial charge in [0.05, 0.1) is 7.11 Å². The number of carbonyl (C=O) groups is 1. The molecule has 5 nitrogen and oxygen atoms in total. The van der Waals surface area contributed by atoms with Gasteiger partial charge in [0.25, 0.3) is 5.82 Å². The van der Waals surface area contributed by atoms with Crippen LogP contribution in [0.5, 0.6) is 11.5 Å². The summed E-state index contributed by atoms with van der Waals surface area (Å²) in [5.74, 6) is 1.91. The van der Waals surface area contributed by atoms with Gasteiger partial charge in [0.2, 0.25) is 0 Å². The number of hydrogen-bond donors (Lipinski definition) is 1. The fourth-order valence-electron chi connectivity index (χ4n) is 3.56. The molecule has 0 unspecified atom stereocenters. The molecule has 0 bridgehead atoms. The van der Waals surface area contributed by atoms with Crippen molar-refractivity contribution in [1.82, 2.24) is 0 Å². The smallest absolute Gasteiger partial charge is 0.352 e. The number of nitrogens with one attached hydrogen (secondary N) is 1. The molecule has 0 radical (unpaired) electrons. The minimum Gasteiger partial charge on any atom is -0.497 e. The zero-order chi connectivity index (χ0) is 22.7. The molecule has 6 heteroatoms. The van der Waals surface area contributed by atoms with E-state index < -0.39 is 0 Å². The number of ether oxygens (including phenoxy) is 2. The van der Waals surface area contributed by atoms with Crippen LogP contribution in [0.4, 0.5) is 11.5 Å². The lowest BCUT2D eigenvalue weighted by atomic mass is 10.1. The number of fused-ring (bicyclic) bond motifs is 1. The van der Waals surface area contributed by atoms with E-state index in [0.29, 0.717) is 11.6 Å². The third-order valence-electron chi connectivity index (χ3n) is 5.20. The lowest BCUT2D eigenvalue weighted by Crippen LogP contribution is -2.48. The summed E-state index contributed by atoms with van der Waals surface area (Å²) in [6, 6.07) is 23.1. The van der Waals surface area contributed by atoms with Crippen molar-refractivity contribution in [3.05, 3.63) is 88.4 Å². The van der Waals surface area contributed by atoms with Crippen molar-refractivity contribution in [2.75, 3.05) is 19.0 Å². The summed E-state index contributed by atoms with van der Waals surface area (Å²) in [4.78, 5) is 13.4. The van der Waals surface area contributed by atoms with Crippen molar-refractivity contribution >= 4 is 44.2 Å². The van der Waals surface area contributed by atoms with Crippen LogP contribution in [0.25, 0.3) is 10.9 Å². The first-order chi connectivity index (χ1) is 15.4. The molecule has 0 aliphatic carbocycles. The van der Waals surface area contributed by atoms with E-state index in [1.165, 1.54) is 0 Å². The van der Waals surface area contributed by atoms with Crippen molar-refractivity contribution in [1.29, 1.82) is 0 Å². The molecule has 0 spiro atoms. The Morgan fingerprint density at radius 2 is 1.62 bits per heavy atom. The quantitative estimate of drug-likeness (QED) is 0.337. The molecule has 0 aliphatic heterocycles. The van der Waals surface area contributed by atoms with Gasteiger partial charge in [-0.3, -0.25) is 0 Å². The number of hydrogen-bond acceptors (Lipinski definition) is 4. The van der Waals surface area contributed by atoms with E-state index in [2.05, 4.69) is 27.3 Å². The Bertz CT molecular complexity index is 1270. The number of pyridine rings is 1. The topological polar surface area (TPSA) is 51.4 Å². The van der Waals surface area contributed by atoms with Crippen molar-refractivity contribution in [3.8, 4) is 11.5 Å². The second-order valence-electron chi connectivity index (χ2n) is 7.56. The maximum Gasteiger partial charge on any atom is 0.352 e. The predicted octanol–water partition coefficient (Wildman–Crippen LogP) is 5.98. The van der Waals surface area contributed by atoms with Crippen LogP contribution in [-0.2, 0) is 0 Å². The summed E-state index contributed by atoms with van der Waals surface area (Å²) >= 11 is 3.41. The Morgan fingerprint density at radius 3 is 2.31 bits per heavy atom. The Morgan fingerprint density at radius 1 is 0.938 bits per heavy atom. The molecule has 4 rings (SSSR count). The van der Waals surface area contributed by atoms with E-state index in [9.17, 15) is 4.79 Å². The highest BCUT2D eigenvalue weighted by molar-refractivity contribution is 9.10. The van der Waals surface area contributed by atoms with E-state index in [1.807, 2.05) is 80.6 Å². The number of rotatable bonds is 6. The van der Waals surface area contributed by atoms with Crippen LogP contribution < -0.4 is 19.4 Å².